The van der Waals surface area contributed by atoms with Crippen LogP contribution < -0.4 is 10.6 Å². The Morgan fingerprint density at radius 1 is 0.935 bits per heavy atom. The summed E-state index contributed by atoms with van der Waals surface area (Å²) in [6.45, 7) is 5.35. The molecule has 164 valence electrons. The SMILES string of the molecule is CC(NC(=O)OCC1c2ccccc2-c2ccccc21)C(=O)NC(CC(=O)O)C(C)C. The Hall–Kier alpha value is -3.35. The van der Waals surface area contributed by atoms with Gasteiger partial charge in [-0.25, -0.2) is 4.79 Å². The summed E-state index contributed by atoms with van der Waals surface area (Å²) in [7, 11) is 0. The molecule has 0 bridgehead atoms. The third-order valence-corrected chi connectivity index (χ3v) is 5.60. The van der Waals surface area contributed by atoms with E-state index in [-0.39, 0.29) is 24.9 Å². The van der Waals surface area contributed by atoms with Crippen LogP contribution in [0.25, 0.3) is 11.1 Å². The molecule has 0 aromatic heterocycles. The van der Waals surface area contributed by atoms with Crippen LogP contribution in [0.5, 0.6) is 0 Å². The maximum absolute atomic E-state index is 12.4. The molecular formula is C24H28N2O5. The molecule has 0 saturated carbocycles. The quantitative estimate of drug-likeness (QED) is 0.601. The number of carboxylic acids is 1. The van der Waals surface area contributed by atoms with Gasteiger partial charge in [-0.05, 0) is 35.1 Å². The van der Waals surface area contributed by atoms with E-state index in [0.29, 0.717) is 0 Å². The van der Waals surface area contributed by atoms with E-state index >= 15 is 0 Å². The van der Waals surface area contributed by atoms with Crippen molar-refractivity contribution < 1.29 is 24.2 Å². The largest absolute Gasteiger partial charge is 0.481 e. The van der Waals surface area contributed by atoms with Gasteiger partial charge in [-0.3, -0.25) is 9.59 Å². The fourth-order valence-electron chi connectivity index (χ4n) is 3.83. The van der Waals surface area contributed by atoms with Crippen molar-refractivity contribution in [3.63, 3.8) is 0 Å². The van der Waals surface area contributed by atoms with E-state index < -0.39 is 30.1 Å². The predicted molar refractivity (Wildman–Crippen MR) is 117 cm³/mol. The van der Waals surface area contributed by atoms with Crippen molar-refractivity contribution in [2.24, 2.45) is 5.92 Å². The number of carboxylic acid groups (broad SMARTS) is 1. The first kappa shape index (κ1) is 22.3. The van der Waals surface area contributed by atoms with Gasteiger partial charge < -0.3 is 20.5 Å². The van der Waals surface area contributed by atoms with Crippen LogP contribution in [0, 0.1) is 5.92 Å². The fourth-order valence-corrected chi connectivity index (χ4v) is 3.83. The van der Waals surface area contributed by atoms with E-state index in [9.17, 15) is 14.4 Å². The Bertz CT molecular complexity index is 926. The molecule has 2 amide bonds. The van der Waals surface area contributed by atoms with Crippen LogP contribution in [0.3, 0.4) is 0 Å². The number of benzene rings is 2. The summed E-state index contributed by atoms with van der Waals surface area (Å²) in [5, 5.41) is 14.2. The van der Waals surface area contributed by atoms with Crippen molar-refractivity contribution in [1.29, 1.82) is 0 Å². The second-order valence-corrected chi connectivity index (χ2v) is 8.15. The number of rotatable bonds is 8. The summed E-state index contributed by atoms with van der Waals surface area (Å²) in [4.78, 5) is 35.7. The highest BCUT2D eigenvalue weighted by Crippen LogP contribution is 2.44. The summed E-state index contributed by atoms with van der Waals surface area (Å²) in [5.74, 6) is -1.56. The van der Waals surface area contributed by atoms with Gasteiger partial charge in [0.2, 0.25) is 5.91 Å². The summed E-state index contributed by atoms with van der Waals surface area (Å²) >= 11 is 0. The van der Waals surface area contributed by atoms with Crippen molar-refractivity contribution in [1.82, 2.24) is 10.6 Å². The Labute approximate surface area is 181 Å². The van der Waals surface area contributed by atoms with E-state index in [4.69, 9.17) is 9.84 Å². The van der Waals surface area contributed by atoms with Crippen LogP contribution in [0.2, 0.25) is 0 Å². The molecule has 3 rings (SSSR count). The molecule has 7 nitrogen and oxygen atoms in total. The molecule has 1 aliphatic rings. The number of alkyl carbamates (subject to hydrolysis) is 1. The predicted octanol–water partition coefficient (Wildman–Crippen LogP) is 3.53. The molecule has 0 spiro atoms. The lowest BCUT2D eigenvalue weighted by Crippen LogP contribution is -2.50. The molecule has 0 heterocycles. The van der Waals surface area contributed by atoms with Gasteiger partial charge >= 0.3 is 12.1 Å². The lowest BCUT2D eigenvalue weighted by molar-refractivity contribution is -0.138. The van der Waals surface area contributed by atoms with Crippen molar-refractivity contribution in [3.05, 3.63) is 59.7 Å². The average molecular weight is 424 g/mol. The van der Waals surface area contributed by atoms with Crippen LogP contribution in [0.15, 0.2) is 48.5 Å². The number of ether oxygens (including phenoxy) is 1. The zero-order chi connectivity index (χ0) is 22.5. The molecule has 0 aliphatic heterocycles. The van der Waals surface area contributed by atoms with E-state index in [0.717, 1.165) is 22.3 Å². The maximum Gasteiger partial charge on any atom is 0.407 e. The minimum atomic E-state index is -0.990. The van der Waals surface area contributed by atoms with Crippen LogP contribution in [0.4, 0.5) is 4.79 Å². The number of fused-ring (bicyclic) bond motifs is 3. The van der Waals surface area contributed by atoms with Crippen molar-refractivity contribution in [3.8, 4) is 11.1 Å². The monoisotopic (exact) mass is 424 g/mol. The number of carbonyl (C=O) groups excluding carboxylic acids is 2. The van der Waals surface area contributed by atoms with Crippen LogP contribution in [-0.2, 0) is 14.3 Å². The van der Waals surface area contributed by atoms with E-state index in [1.165, 1.54) is 6.92 Å². The van der Waals surface area contributed by atoms with Gasteiger partial charge in [-0.1, -0.05) is 62.4 Å². The Morgan fingerprint density at radius 2 is 1.48 bits per heavy atom. The van der Waals surface area contributed by atoms with E-state index in [1.54, 1.807) is 0 Å². The number of amides is 2. The number of hydrogen-bond donors (Lipinski definition) is 3. The molecule has 1 aliphatic carbocycles. The molecule has 0 radical (unpaired) electrons. The number of hydrogen-bond acceptors (Lipinski definition) is 4. The Kier molecular flexibility index (Phi) is 6.95. The third kappa shape index (κ3) is 5.23. The molecule has 2 atom stereocenters. The normalized spacial score (nSPS) is 14.3. The van der Waals surface area contributed by atoms with Gasteiger partial charge in [0.1, 0.15) is 12.6 Å². The average Bonchev–Trinajstić information content (AvgIpc) is 3.05. The molecule has 0 saturated heterocycles. The molecule has 3 N–H and O–H groups in total. The van der Waals surface area contributed by atoms with Gasteiger partial charge in [0, 0.05) is 12.0 Å². The van der Waals surface area contributed by atoms with Crippen LogP contribution in [-0.4, -0.2) is 41.8 Å². The minimum absolute atomic E-state index is 0.0540. The van der Waals surface area contributed by atoms with E-state index in [2.05, 4.69) is 22.8 Å². The maximum atomic E-state index is 12.4. The van der Waals surface area contributed by atoms with Crippen LogP contribution in [0.1, 0.15) is 44.2 Å². The Balaban J connectivity index is 1.58. The summed E-state index contributed by atoms with van der Waals surface area (Å²) in [6.07, 6.45) is -0.870. The third-order valence-electron chi connectivity index (χ3n) is 5.60. The molecular weight excluding hydrogens is 396 g/mol. The highest BCUT2D eigenvalue weighted by atomic mass is 16.5. The second kappa shape index (κ2) is 9.64. The molecule has 7 heteroatoms. The number of aliphatic carboxylic acids is 1. The highest BCUT2D eigenvalue weighted by molar-refractivity contribution is 5.86. The van der Waals surface area contributed by atoms with Gasteiger partial charge in [0.15, 0.2) is 0 Å². The van der Waals surface area contributed by atoms with Gasteiger partial charge in [0.05, 0.1) is 6.42 Å². The molecule has 2 unspecified atom stereocenters. The topological polar surface area (TPSA) is 105 Å². The lowest BCUT2D eigenvalue weighted by Gasteiger charge is -2.23. The summed E-state index contributed by atoms with van der Waals surface area (Å²) in [6, 6.07) is 14.7. The zero-order valence-electron chi connectivity index (χ0n) is 17.9. The standard InChI is InChI=1S/C24H28N2O5/c1-14(2)21(12-22(27)28)26-23(29)15(3)25-24(30)31-13-20-18-10-6-4-8-16(18)17-9-5-7-11-19(17)20/h4-11,14-15,20-21H,12-13H2,1-3H3,(H,25,30)(H,26,29)(H,27,28). The van der Waals surface area contributed by atoms with E-state index in [1.807, 2.05) is 50.2 Å². The minimum Gasteiger partial charge on any atom is -0.481 e. The first-order chi connectivity index (χ1) is 14.8. The molecule has 31 heavy (non-hydrogen) atoms. The first-order valence-corrected chi connectivity index (χ1v) is 10.4. The summed E-state index contributed by atoms with van der Waals surface area (Å²) in [5.41, 5.74) is 4.49. The first-order valence-electron chi connectivity index (χ1n) is 10.4. The Morgan fingerprint density at radius 3 is 2.00 bits per heavy atom. The van der Waals surface area contributed by atoms with Gasteiger partial charge in [-0.2, -0.15) is 0 Å². The second-order valence-electron chi connectivity index (χ2n) is 8.15. The highest BCUT2D eigenvalue weighted by Gasteiger charge is 2.29. The van der Waals surface area contributed by atoms with Gasteiger partial charge in [0.25, 0.3) is 0 Å². The van der Waals surface area contributed by atoms with Crippen molar-refractivity contribution in [2.75, 3.05) is 6.61 Å². The van der Waals surface area contributed by atoms with Gasteiger partial charge in [-0.15, -0.1) is 0 Å². The zero-order valence-corrected chi connectivity index (χ0v) is 17.9. The van der Waals surface area contributed by atoms with Crippen LogP contribution >= 0.6 is 0 Å². The molecule has 0 fully saturated rings. The number of carbonyl (C=O) groups is 3. The number of nitrogens with one attached hydrogen (secondary N) is 2. The van der Waals surface area contributed by atoms with Crippen molar-refractivity contribution >= 4 is 18.0 Å². The lowest BCUT2D eigenvalue weighted by atomic mass is 9.98. The summed E-state index contributed by atoms with van der Waals surface area (Å²) < 4.78 is 5.45. The molecule has 2 aromatic rings. The fraction of sp³-hybridized carbons (Fsp3) is 0.375. The molecule has 2 aromatic carbocycles. The van der Waals surface area contributed by atoms with Crippen molar-refractivity contribution in [2.45, 2.75) is 45.2 Å². The smallest absolute Gasteiger partial charge is 0.407 e.